The highest BCUT2D eigenvalue weighted by Crippen LogP contribution is 2.41. The summed E-state index contributed by atoms with van der Waals surface area (Å²) in [5.74, 6) is 1.65. The van der Waals surface area contributed by atoms with E-state index in [1.165, 1.54) is 51.0 Å². The number of pyridine rings is 1. The molecule has 3 aromatic carbocycles. The molecule has 1 spiro atoms. The molecule has 50 heavy (non-hydrogen) atoms. The summed E-state index contributed by atoms with van der Waals surface area (Å²) < 4.78 is 24.1. The fourth-order valence-electron chi connectivity index (χ4n) is 7.04. The number of carbonyl (C=O) groups excluding carboxylic acids is 1. The number of likely N-dealkylation sites (tertiary alicyclic amines) is 1. The van der Waals surface area contributed by atoms with Crippen molar-refractivity contribution in [1.82, 2.24) is 9.88 Å². The monoisotopic (exact) mass is 693 g/mol. The highest BCUT2D eigenvalue weighted by molar-refractivity contribution is 6.32. The van der Waals surface area contributed by atoms with Crippen molar-refractivity contribution in [3.05, 3.63) is 105 Å². The van der Waals surface area contributed by atoms with Crippen LogP contribution in [0.3, 0.4) is 0 Å². The van der Waals surface area contributed by atoms with Crippen LogP contribution in [0.4, 0.5) is 0 Å². The minimum atomic E-state index is 0.128. The van der Waals surface area contributed by atoms with Gasteiger partial charge >= 0.3 is 0 Å². The Balaban J connectivity index is 1.07. The predicted octanol–water partition coefficient (Wildman–Crippen LogP) is 8.52. The van der Waals surface area contributed by atoms with Gasteiger partial charge in [0.25, 0.3) is 0 Å². The molecule has 0 amide bonds. The van der Waals surface area contributed by atoms with Crippen LogP contribution in [0.1, 0.15) is 70.3 Å². The molecule has 2 aliphatic rings. The van der Waals surface area contributed by atoms with Crippen molar-refractivity contribution in [2.45, 2.75) is 59.2 Å². The minimum Gasteiger partial charge on any atom is -0.493 e. The van der Waals surface area contributed by atoms with Crippen LogP contribution in [0.15, 0.2) is 67.0 Å². The van der Waals surface area contributed by atoms with Gasteiger partial charge in [0.15, 0.2) is 6.29 Å². The molecule has 4 aromatic rings. The van der Waals surface area contributed by atoms with E-state index >= 15 is 0 Å². The van der Waals surface area contributed by atoms with Crippen LogP contribution >= 0.6 is 11.6 Å². The first-order valence-corrected chi connectivity index (χ1v) is 17.8. The SMILES string of the molecule is Cc1c(COc2cc(OCc3cncc(C#N)c3)c(C=O)cc2Cl)cccc1-c1cccc(OCCCN2CCC3(CCOCC3)CC2)c1C. The number of halogens is 1. The number of aromatic nitrogens is 1. The highest BCUT2D eigenvalue weighted by Gasteiger charge is 2.35. The molecular formula is C41H44ClN3O5. The Labute approximate surface area is 299 Å². The van der Waals surface area contributed by atoms with E-state index in [0.29, 0.717) is 51.5 Å². The van der Waals surface area contributed by atoms with Gasteiger partial charge in [-0.05, 0) is 110 Å². The normalized spacial score (nSPS) is 15.7. The molecule has 2 aliphatic heterocycles. The van der Waals surface area contributed by atoms with Gasteiger partial charge in [-0.15, -0.1) is 0 Å². The number of ether oxygens (including phenoxy) is 4. The lowest BCUT2D eigenvalue weighted by Crippen LogP contribution is -2.43. The summed E-state index contributed by atoms with van der Waals surface area (Å²) in [7, 11) is 0. The fourth-order valence-corrected chi connectivity index (χ4v) is 7.27. The number of hydrogen-bond donors (Lipinski definition) is 0. The van der Waals surface area contributed by atoms with E-state index in [4.69, 9.17) is 35.8 Å². The zero-order chi connectivity index (χ0) is 34.9. The Bertz CT molecular complexity index is 1840. The smallest absolute Gasteiger partial charge is 0.153 e. The van der Waals surface area contributed by atoms with E-state index in [2.05, 4.69) is 54.1 Å². The van der Waals surface area contributed by atoms with Gasteiger partial charge in [-0.3, -0.25) is 9.78 Å². The van der Waals surface area contributed by atoms with Crippen LogP contribution in [0.25, 0.3) is 11.1 Å². The van der Waals surface area contributed by atoms with Crippen LogP contribution in [-0.2, 0) is 18.0 Å². The van der Waals surface area contributed by atoms with Gasteiger partial charge in [0.05, 0.1) is 22.8 Å². The van der Waals surface area contributed by atoms with Gasteiger partial charge < -0.3 is 23.8 Å². The van der Waals surface area contributed by atoms with Crippen LogP contribution in [-0.4, -0.2) is 55.6 Å². The van der Waals surface area contributed by atoms with Gasteiger partial charge in [0.2, 0.25) is 0 Å². The van der Waals surface area contributed by atoms with Crippen molar-refractivity contribution in [2.24, 2.45) is 5.41 Å². The van der Waals surface area contributed by atoms with E-state index in [-0.39, 0.29) is 13.2 Å². The number of rotatable bonds is 13. The van der Waals surface area contributed by atoms with E-state index in [1.807, 2.05) is 12.1 Å². The maximum atomic E-state index is 11.8. The summed E-state index contributed by atoms with van der Waals surface area (Å²) in [6.45, 7) is 10.6. The maximum absolute atomic E-state index is 11.8. The van der Waals surface area contributed by atoms with Crippen molar-refractivity contribution < 1.29 is 23.7 Å². The topological polar surface area (TPSA) is 93.9 Å². The average molecular weight is 694 g/mol. The van der Waals surface area contributed by atoms with Crippen molar-refractivity contribution in [3.63, 3.8) is 0 Å². The molecule has 0 saturated carbocycles. The first-order valence-electron chi connectivity index (χ1n) is 17.4. The summed E-state index contributed by atoms with van der Waals surface area (Å²) in [5, 5.41) is 9.48. The molecule has 2 saturated heterocycles. The second-order valence-electron chi connectivity index (χ2n) is 13.4. The predicted molar refractivity (Wildman–Crippen MR) is 194 cm³/mol. The number of hydrogen-bond acceptors (Lipinski definition) is 8. The minimum absolute atomic E-state index is 0.128. The zero-order valence-electron chi connectivity index (χ0n) is 28.9. The third kappa shape index (κ3) is 8.47. The standard InChI is InChI=1S/C41H44ClN3O5/c1-29-33(28-50-40-22-39(34(26-46)21-37(40)42)49-27-32-20-31(23-43)24-44-25-32)6-3-7-35(29)36-8-4-9-38(30(36)2)48-17-5-14-45-15-10-41(11-16-45)12-18-47-19-13-41/h3-4,6-9,20-22,24-26H,5,10-19,27-28H2,1-2H3. The molecule has 1 aromatic heterocycles. The molecule has 9 heteroatoms. The van der Waals surface area contributed by atoms with E-state index in [0.717, 1.165) is 59.7 Å². The Hall–Kier alpha value is -4.42. The van der Waals surface area contributed by atoms with Crippen molar-refractivity contribution in [2.75, 3.05) is 39.5 Å². The molecule has 0 radical (unpaired) electrons. The number of aldehydes is 1. The molecule has 6 rings (SSSR count). The largest absolute Gasteiger partial charge is 0.493 e. The number of nitriles is 1. The van der Waals surface area contributed by atoms with Crippen LogP contribution in [0.2, 0.25) is 5.02 Å². The molecule has 0 N–H and O–H groups in total. The van der Waals surface area contributed by atoms with Crippen LogP contribution in [0.5, 0.6) is 17.2 Å². The van der Waals surface area contributed by atoms with Crippen LogP contribution in [0, 0.1) is 30.6 Å². The Morgan fingerprint density at radius 1 is 0.900 bits per heavy atom. The summed E-state index contributed by atoms with van der Waals surface area (Å²) in [6.07, 6.45) is 9.81. The second-order valence-corrected chi connectivity index (χ2v) is 13.8. The molecule has 3 heterocycles. The lowest BCUT2D eigenvalue weighted by Gasteiger charge is -2.44. The van der Waals surface area contributed by atoms with Gasteiger partial charge in [-0.25, -0.2) is 0 Å². The molecular weight excluding hydrogens is 650 g/mol. The van der Waals surface area contributed by atoms with Crippen molar-refractivity contribution in [3.8, 4) is 34.4 Å². The lowest BCUT2D eigenvalue weighted by molar-refractivity contribution is -0.0209. The fraction of sp³-hybridized carbons (Fsp3) is 0.390. The van der Waals surface area contributed by atoms with Gasteiger partial charge in [0.1, 0.15) is 36.5 Å². The van der Waals surface area contributed by atoms with Crippen molar-refractivity contribution >= 4 is 17.9 Å². The number of benzene rings is 3. The maximum Gasteiger partial charge on any atom is 0.153 e. The highest BCUT2D eigenvalue weighted by atomic mass is 35.5. The summed E-state index contributed by atoms with van der Waals surface area (Å²) in [6, 6.07) is 19.4. The third-order valence-electron chi connectivity index (χ3n) is 10.3. The van der Waals surface area contributed by atoms with Gasteiger partial charge in [-0.1, -0.05) is 41.9 Å². The molecule has 8 nitrogen and oxygen atoms in total. The lowest BCUT2D eigenvalue weighted by atomic mass is 9.72. The van der Waals surface area contributed by atoms with Gasteiger partial charge in [-0.2, -0.15) is 5.26 Å². The second kappa shape index (κ2) is 16.5. The number of nitrogens with zero attached hydrogens (tertiary/aromatic N) is 3. The summed E-state index contributed by atoms with van der Waals surface area (Å²) in [5.41, 5.74) is 7.41. The summed E-state index contributed by atoms with van der Waals surface area (Å²) >= 11 is 6.53. The molecule has 0 aliphatic carbocycles. The third-order valence-corrected chi connectivity index (χ3v) is 10.6. The zero-order valence-corrected chi connectivity index (χ0v) is 29.6. The van der Waals surface area contributed by atoms with Crippen molar-refractivity contribution in [1.29, 1.82) is 5.26 Å². The summed E-state index contributed by atoms with van der Waals surface area (Å²) in [4.78, 5) is 18.5. The molecule has 0 bridgehead atoms. The average Bonchev–Trinajstić information content (AvgIpc) is 3.14. The Kier molecular flexibility index (Phi) is 11.7. The number of carbonyl (C=O) groups is 1. The molecule has 2 fully saturated rings. The van der Waals surface area contributed by atoms with E-state index < -0.39 is 0 Å². The molecule has 0 atom stereocenters. The Morgan fingerprint density at radius 2 is 1.64 bits per heavy atom. The molecule has 260 valence electrons. The van der Waals surface area contributed by atoms with E-state index in [1.54, 1.807) is 18.3 Å². The number of piperidine rings is 1. The quantitative estimate of drug-likeness (QED) is 0.102. The van der Waals surface area contributed by atoms with E-state index in [9.17, 15) is 4.79 Å². The van der Waals surface area contributed by atoms with Crippen LogP contribution < -0.4 is 14.2 Å². The molecule has 0 unspecified atom stereocenters. The van der Waals surface area contributed by atoms with Gasteiger partial charge in [0, 0.05) is 43.8 Å². The first-order chi connectivity index (χ1) is 24.4. The first kappa shape index (κ1) is 35.4. The Morgan fingerprint density at radius 3 is 2.40 bits per heavy atom.